The zero-order valence-electron chi connectivity index (χ0n) is 14.8. The molecule has 0 aliphatic carbocycles. The van der Waals surface area contributed by atoms with Crippen LogP contribution < -0.4 is 0 Å². The predicted octanol–water partition coefficient (Wildman–Crippen LogP) is 4.10. The Labute approximate surface area is 160 Å². The van der Waals surface area contributed by atoms with Gasteiger partial charge in [0.25, 0.3) is 0 Å². The van der Waals surface area contributed by atoms with Crippen molar-refractivity contribution in [2.24, 2.45) is 0 Å². The zero-order valence-corrected chi connectivity index (χ0v) is 15.6. The van der Waals surface area contributed by atoms with E-state index >= 15 is 0 Å². The molecule has 0 unspecified atom stereocenters. The molecule has 1 aromatic carbocycles. The van der Waals surface area contributed by atoms with Crippen LogP contribution in [0.5, 0.6) is 0 Å². The van der Waals surface area contributed by atoms with Crippen molar-refractivity contribution in [3.63, 3.8) is 0 Å². The number of rotatable bonds is 4. The van der Waals surface area contributed by atoms with Crippen LogP contribution in [0.25, 0.3) is 11.3 Å². The van der Waals surface area contributed by atoms with Crippen LogP contribution in [0.4, 0.5) is 8.78 Å². The molecule has 0 atom stereocenters. The van der Waals surface area contributed by atoms with E-state index in [0.717, 1.165) is 54.1 Å². The van der Waals surface area contributed by atoms with Crippen molar-refractivity contribution >= 4 is 11.8 Å². The number of benzene rings is 1. The molecule has 27 heavy (non-hydrogen) atoms. The van der Waals surface area contributed by atoms with Crippen molar-refractivity contribution in [1.29, 1.82) is 0 Å². The average Bonchev–Trinajstić information content (AvgIpc) is 2.68. The van der Waals surface area contributed by atoms with Gasteiger partial charge in [0.1, 0.15) is 11.6 Å². The quantitative estimate of drug-likeness (QED) is 0.500. The van der Waals surface area contributed by atoms with E-state index in [0.29, 0.717) is 11.3 Å². The molecule has 0 amide bonds. The third-order valence-electron chi connectivity index (χ3n) is 4.61. The van der Waals surface area contributed by atoms with E-state index in [-0.39, 0.29) is 0 Å². The van der Waals surface area contributed by atoms with Gasteiger partial charge in [0.05, 0.1) is 11.4 Å². The first-order chi connectivity index (χ1) is 13.1. The Bertz CT molecular complexity index is 963. The highest BCUT2D eigenvalue weighted by molar-refractivity contribution is 7.98. The normalized spacial score (nSPS) is 14.2. The third kappa shape index (κ3) is 3.99. The number of halogens is 2. The van der Waals surface area contributed by atoms with Crippen LogP contribution >= 0.6 is 11.8 Å². The monoisotopic (exact) mass is 384 g/mol. The number of hydrogen-bond acceptors (Lipinski definition) is 5. The van der Waals surface area contributed by atoms with E-state index in [2.05, 4.69) is 19.9 Å². The SMILES string of the molecule is CSc1ncc2c(n1)CCN(Cc1ccc(-c3ccc(F)cc3F)nc1)C2. The molecule has 2 aromatic heterocycles. The van der Waals surface area contributed by atoms with Gasteiger partial charge in [0, 0.05) is 55.6 Å². The average molecular weight is 384 g/mol. The van der Waals surface area contributed by atoms with Gasteiger partial charge in [-0.25, -0.2) is 18.7 Å². The van der Waals surface area contributed by atoms with E-state index in [9.17, 15) is 8.78 Å². The third-order valence-corrected chi connectivity index (χ3v) is 5.17. The van der Waals surface area contributed by atoms with Gasteiger partial charge in [-0.05, 0) is 30.0 Å². The molecule has 0 saturated carbocycles. The highest BCUT2D eigenvalue weighted by atomic mass is 32.2. The summed E-state index contributed by atoms with van der Waals surface area (Å²) in [7, 11) is 0. The lowest BCUT2D eigenvalue weighted by atomic mass is 10.1. The van der Waals surface area contributed by atoms with Crippen molar-refractivity contribution in [2.45, 2.75) is 24.7 Å². The van der Waals surface area contributed by atoms with Crippen molar-refractivity contribution in [1.82, 2.24) is 19.9 Å². The summed E-state index contributed by atoms with van der Waals surface area (Å²) in [6.45, 7) is 2.48. The molecule has 138 valence electrons. The minimum Gasteiger partial charge on any atom is -0.294 e. The Hall–Kier alpha value is -2.38. The Kier molecular flexibility index (Phi) is 5.13. The minimum absolute atomic E-state index is 0.302. The highest BCUT2D eigenvalue weighted by Gasteiger charge is 2.18. The fraction of sp³-hybridized carbons (Fsp3) is 0.250. The number of nitrogens with zero attached hydrogens (tertiary/aromatic N) is 4. The molecule has 3 heterocycles. The lowest BCUT2D eigenvalue weighted by molar-refractivity contribution is 0.242. The van der Waals surface area contributed by atoms with Gasteiger partial charge < -0.3 is 0 Å². The van der Waals surface area contributed by atoms with Crippen LogP contribution in [0.1, 0.15) is 16.8 Å². The molecule has 0 radical (unpaired) electrons. The van der Waals surface area contributed by atoms with Crippen molar-refractivity contribution in [3.05, 3.63) is 71.2 Å². The van der Waals surface area contributed by atoms with Gasteiger partial charge in [0.2, 0.25) is 0 Å². The maximum absolute atomic E-state index is 13.9. The smallest absolute Gasteiger partial charge is 0.187 e. The number of thioether (sulfide) groups is 1. The molecule has 0 bridgehead atoms. The Morgan fingerprint density at radius 1 is 1.11 bits per heavy atom. The fourth-order valence-corrected chi connectivity index (χ4v) is 3.58. The molecule has 4 nitrogen and oxygen atoms in total. The standard InChI is InChI=1S/C20H18F2N4S/c1-27-20-24-10-14-12-26(7-6-18(14)25-20)11-13-2-5-19(23-9-13)16-4-3-15(21)8-17(16)22/h2-5,8-10H,6-7,11-12H2,1H3. The van der Waals surface area contributed by atoms with E-state index in [1.54, 1.807) is 24.0 Å². The van der Waals surface area contributed by atoms with Gasteiger partial charge in [-0.1, -0.05) is 17.8 Å². The largest absolute Gasteiger partial charge is 0.294 e. The lowest BCUT2D eigenvalue weighted by Crippen LogP contribution is -2.31. The molecule has 0 N–H and O–H groups in total. The van der Waals surface area contributed by atoms with Gasteiger partial charge in [-0.2, -0.15) is 0 Å². The summed E-state index contributed by atoms with van der Waals surface area (Å²) in [5, 5.41) is 0.815. The van der Waals surface area contributed by atoms with Crippen LogP contribution in [-0.2, 0) is 19.5 Å². The predicted molar refractivity (Wildman–Crippen MR) is 101 cm³/mol. The Balaban J connectivity index is 1.46. The summed E-state index contributed by atoms with van der Waals surface area (Å²) in [4.78, 5) is 15.6. The number of pyridine rings is 1. The first kappa shape index (κ1) is 18.0. The molecule has 7 heteroatoms. The molecule has 0 spiro atoms. The zero-order chi connectivity index (χ0) is 18.8. The topological polar surface area (TPSA) is 41.9 Å². The first-order valence-corrected chi connectivity index (χ1v) is 9.86. The Morgan fingerprint density at radius 3 is 2.74 bits per heavy atom. The fourth-order valence-electron chi connectivity index (χ4n) is 3.22. The molecule has 4 rings (SSSR count). The van der Waals surface area contributed by atoms with Crippen LogP contribution in [-0.4, -0.2) is 32.7 Å². The van der Waals surface area contributed by atoms with Gasteiger partial charge in [0.15, 0.2) is 5.16 Å². The summed E-state index contributed by atoms with van der Waals surface area (Å²) in [6.07, 6.45) is 6.54. The second kappa shape index (κ2) is 7.70. The summed E-state index contributed by atoms with van der Waals surface area (Å²) in [5.74, 6) is -1.20. The number of fused-ring (bicyclic) bond motifs is 1. The second-order valence-corrected chi connectivity index (χ2v) is 7.24. The summed E-state index contributed by atoms with van der Waals surface area (Å²) >= 11 is 1.55. The molecule has 1 aliphatic rings. The highest BCUT2D eigenvalue weighted by Crippen LogP contribution is 2.23. The lowest BCUT2D eigenvalue weighted by Gasteiger charge is -2.27. The van der Waals surface area contributed by atoms with Crippen LogP contribution in [0.2, 0.25) is 0 Å². The summed E-state index contributed by atoms with van der Waals surface area (Å²) < 4.78 is 27.0. The maximum atomic E-state index is 13.9. The molecule has 0 saturated heterocycles. The van der Waals surface area contributed by atoms with E-state index in [4.69, 9.17) is 0 Å². The van der Waals surface area contributed by atoms with Gasteiger partial charge in [-0.3, -0.25) is 9.88 Å². The number of aromatic nitrogens is 3. The van der Waals surface area contributed by atoms with Gasteiger partial charge >= 0.3 is 0 Å². The molecule has 0 fully saturated rings. The van der Waals surface area contributed by atoms with Crippen molar-refractivity contribution in [2.75, 3.05) is 12.8 Å². The second-order valence-electron chi connectivity index (χ2n) is 6.47. The van der Waals surface area contributed by atoms with E-state index in [1.165, 1.54) is 12.1 Å². The van der Waals surface area contributed by atoms with Crippen LogP contribution in [0.15, 0.2) is 47.9 Å². The summed E-state index contributed by atoms with van der Waals surface area (Å²) in [5.41, 5.74) is 4.14. The summed E-state index contributed by atoms with van der Waals surface area (Å²) in [6, 6.07) is 7.24. The van der Waals surface area contributed by atoms with Crippen molar-refractivity contribution < 1.29 is 8.78 Å². The molecular weight excluding hydrogens is 366 g/mol. The van der Waals surface area contributed by atoms with E-state index < -0.39 is 11.6 Å². The van der Waals surface area contributed by atoms with Crippen LogP contribution in [0, 0.1) is 11.6 Å². The number of hydrogen-bond donors (Lipinski definition) is 0. The maximum Gasteiger partial charge on any atom is 0.187 e. The molecular formula is C20H18F2N4S. The van der Waals surface area contributed by atoms with Crippen LogP contribution in [0.3, 0.4) is 0 Å². The van der Waals surface area contributed by atoms with Crippen molar-refractivity contribution in [3.8, 4) is 11.3 Å². The Morgan fingerprint density at radius 2 is 2.00 bits per heavy atom. The minimum atomic E-state index is -0.604. The molecule has 3 aromatic rings. The molecule has 1 aliphatic heterocycles. The van der Waals surface area contributed by atoms with Gasteiger partial charge in [-0.15, -0.1) is 0 Å². The van der Waals surface area contributed by atoms with E-state index in [1.807, 2.05) is 18.5 Å². The first-order valence-electron chi connectivity index (χ1n) is 8.64.